The molecule has 0 saturated carbocycles. The second-order valence-corrected chi connectivity index (χ2v) is 7.19. The molecule has 0 radical (unpaired) electrons. The SMILES string of the molecule is CC(C)(C)OC(=O)N1CCC(CNCc2nccnc2Cl)CC1. The Morgan fingerprint density at radius 3 is 2.61 bits per heavy atom. The van der Waals surface area contributed by atoms with Gasteiger partial charge in [-0.3, -0.25) is 4.98 Å². The number of nitrogens with one attached hydrogen (secondary N) is 1. The van der Waals surface area contributed by atoms with Crippen molar-refractivity contribution < 1.29 is 9.53 Å². The summed E-state index contributed by atoms with van der Waals surface area (Å²) in [5.41, 5.74) is 0.325. The molecule has 128 valence electrons. The molecule has 1 aromatic rings. The second kappa shape index (κ2) is 7.93. The molecule has 1 aromatic heterocycles. The average Bonchev–Trinajstić information content (AvgIpc) is 2.48. The molecular weight excluding hydrogens is 316 g/mol. The molecule has 7 heteroatoms. The van der Waals surface area contributed by atoms with E-state index in [0.29, 0.717) is 17.6 Å². The summed E-state index contributed by atoms with van der Waals surface area (Å²) in [6, 6.07) is 0. The Balaban J connectivity index is 1.69. The lowest BCUT2D eigenvalue weighted by atomic mass is 9.97. The van der Waals surface area contributed by atoms with Crippen molar-refractivity contribution in [2.24, 2.45) is 5.92 Å². The third-order valence-electron chi connectivity index (χ3n) is 3.71. The average molecular weight is 341 g/mol. The molecule has 0 bridgehead atoms. The molecule has 23 heavy (non-hydrogen) atoms. The number of hydrogen-bond acceptors (Lipinski definition) is 5. The fraction of sp³-hybridized carbons (Fsp3) is 0.688. The number of likely N-dealkylation sites (tertiary alicyclic amines) is 1. The van der Waals surface area contributed by atoms with Crippen LogP contribution in [0.15, 0.2) is 12.4 Å². The third-order valence-corrected chi connectivity index (χ3v) is 4.03. The van der Waals surface area contributed by atoms with Crippen molar-refractivity contribution in [1.82, 2.24) is 20.2 Å². The lowest BCUT2D eigenvalue weighted by Gasteiger charge is -2.33. The van der Waals surface area contributed by atoms with E-state index in [4.69, 9.17) is 16.3 Å². The van der Waals surface area contributed by atoms with Gasteiger partial charge in [0.2, 0.25) is 0 Å². The van der Waals surface area contributed by atoms with E-state index in [1.165, 1.54) is 0 Å². The normalized spacial score (nSPS) is 16.4. The molecule has 0 atom stereocenters. The Morgan fingerprint density at radius 2 is 2.00 bits per heavy atom. The van der Waals surface area contributed by atoms with Gasteiger partial charge in [-0.25, -0.2) is 9.78 Å². The topological polar surface area (TPSA) is 67.3 Å². The first-order valence-corrected chi connectivity index (χ1v) is 8.37. The van der Waals surface area contributed by atoms with E-state index in [-0.39, 0.29) is 6.09 Å². The third kappa shape index (κ3) is 5.95. The number of rotatable bonds is 4. The maximum absolute atomic E-state index is 12.0. The predicted octanol–water partition coefficient (Wildman–Crippen LogP) is 2.87. The van der Waals surface area contributed by atoms with Gasteiger partial charge in [0.15, 0.2) is 5.15 Å². The Hall–Kier alpha value is -1.40. The summed E-state index contributed by atoms with van der Waals surface area (Å²) in [6.45, 7) is 8.64. The Kier molecular flexibility index (Phi) is 6.18. The van der Waals surface area contributed by atoms with E-state index in [0.717, 1.165) is 38.2 Å². The fourth-order valence-corrected chi connectivity index (χ4v) is 2.68. The van der Waals surface area contributed by atoms with Crippen LogP contribution >= 0.6 is 11.6 Å². The fourth-order valence-electron chi connectivity index (χ4n) is 2.51. The zero-order valence-corrected chi connectivity index (χ0v) is 14.8. The van der Waals surface area contributed by atoms with Gasteiger partial charge in [0.25, 0.3) is 0 Å². The van der Waals surface area contributed by atoms with Gasteiger partial charge in [0.1, 0.15) is 5.60 Å². The first kappa shape index (κ1) is 17.9. The highest BCUT2D eigenvalue weighted by atomic mass is 35.5. The lowest BCUT2D eigenvalue weighted by Crippen LogP contribution is -2.43. The molecule has 1 saturated heterocycles. The van der Waals surface area contributed by atoms with Crippen molar-refractivity contribution >= 4 is 17.7 Å². The largest absolute Gasteiger partial charge is 0.444 e. The molecule has 1 N–H and O–H groups in total. The van der Waals surface area contributed by atoms with Gasteiger partial charge >= 0.3 is 6.09 Å². The van der Waals surface area contributed by atoms with Crippen LogP contribution < -0.4 is 5.32 Å². The second-order valence-electron chi connectivity index (χ2n) is 6.84. The van der Waals surface area contributed by atoms with E-state index in [2.05, 4.69) is 15.3 Å². The number of ether oxygens (including phenoxy) is 1. The standard InChI is InChI=1S/C16H25ClN4O2/c1-16(2,3)23-15(22)21-8-4-12(5-9-21)10-18-11-13-14(17)20-7-6-19-13/h6-7,12,18H,4-5,8-11H2,1-3H3. The number of hydrogen-bond donors (Lipinski definition) is 1. The summed E-state index contributed by atoms with van der Waals surface area (Å²) in [7, 11) is 0. The molecule has 0 aliphatic carbocycles. The molecular formula is C16H25ClN4O2. The van der Waals surface area contributed by atoms with Gasteiger partial charge in [-0.1, -0.05) is 11.6 Å². The van der Waals surface area contributed by atoms with Crippen LogP contribution in [0.3, 0.4) is 0 Å². The summed E-state index contributed by atoms with van der Waals surface area (Å²) in [6.07, 6.45) is 4.96. The minimum absolute atomic E-state index is 0.213. The van der Waals surface area contributed by atoms with Crippen LogP contribution in [0.4, 0.5) is 4.79 Å². The summed E-state index contributed by atoms with van der Waals surface area (Å²) in [5, 5.41) is 3.82. The monoisotopic (exact) mass is 340 g/mol. The Labute approximate surface area is 142 Å². The summed E-state index contributed by atoms with van der Waals surface area (Å²) in [5.74, 6) is 0.545. The minimum atomic E-state index is -0.439. The van der Waals surface area contributed by atoms with Crippen LogP contribution in [0.5, 0.6) is 0 Å². The smallest absolute Gasteiger partial charge is 0.410 e. The highest BCUT2D eigenvalue weighted by molar-refractivity contribution is 6.29. The molecule has 0 aromatic carbocycles. The van der Waals surface area contributed by atoms with Crippen LogP contribution in [0.25, 0.3) is 0 Å². The Morgan fingerprint density at radius 1 is 1.35 bits per heavy atom. The molecule has 2 heterocycles. The molecule has 1 aliphatic heterocycles. The molecule has 1 amide bonds. The first-order valence-electron chi connectivity index (χ1n) is 7.99. The van der Waals surface area contributed by atoms with Crippen LogP contribution in [-0.4, -0.2) is 46.2 Å². The summed E-state index contributed by atoms with van der Waals surface area (Å²) < 4.78 is 5.41. The molecule has 1 aliphatic rings. The number of aromatic nitrogens is 2. The molecule has 0 spiro atoms. The molecule has 6 nitrogen and oxygen atoms in total. The molecule has 1 fully saturated rings. The number of halogens is 1. The zero-order chi connectivity index (χ0) is 16.9. The van der Waals surface area contributed by atoms with Crippen LogP contribution in [0.1, 0.15) is 39.3 Å². The van der Waals surface area contributed by atoms with Crippen molar-refractivity contribution in [3.63, 3.8) is 0 Å². The maximum atomic E-state index is 12.0. The van der Waals surface area contributed by atoms with Gasteiger partial charge in [-0.15, -0.1) is 0 Å². The number of amides is 1. The summed E-state index contributed by atoms with van der Waals surface area (Å²) >= 11 is 5.98. The number of nitrogens with zero attached hydrogens (tertiary/aromatic N) is 3. The van der Waals surface area contributed by atoms with E-state index in [1.54, 1.807) is 17.3 Å². The van der Waals surface area contributed by atoms with Gasteiger partial charge < -0.3 is 15.0 Å². The lowest BCUT2D eigenvalue weighted by molar-refractivity contribution is 0.0184. The van der Waals surface area contributed by atoms with Crippen LogP contribution in [-0.2, 0) is 11.3 Å². The van der Waals surface area contributed by atoms with Gasteiger partial charge in [0, 0.05) is 32.0 Å². The Bertz CT molecular complexity index is 525. The highest BCUT2D eigenvalue weighted by Gasteiger charge is 2.26. The molecule has 0 unspecified atom stereocenters. The van der Waals surface area contributed by atoms with E-state index < -0.39 is 5.60 Å². The highest BCUT2D eigenvalue weighted by Crippen LogP contribution is 2.19. The van der Waals surface area contributed by atoms with Crippen molar-refractivity contribution in [3.05, 3.63) is 23.2 Å². The quantitative estimate of drug-likeness (QED) is 0.912. The van der Waals surface area contributed by atoms with Crippen molar-refractivity contribution in [1.29, 1.82) is 0 Å². The van der Waals surface area contributed by atoms with Gasteiger partial charge in [-0.2, -0.15) is 0 Å². The zero-order valence-electron chi connectivity index (χ0n) is 14.0. The molecule has 2 rings (SSSR count). The maximum Gasteiger partial charge on any atom is 0.410 e. The first-order chi connectivity index (χ1) is 10.8. The van der Waals surface area contributed by atoms with E-state index in [9.17, 15) is 4.79 Å². The van der Waals surface area contributed by atoms with Gasteiger partial charge in [-0.05, 0) is 46.1 Å². The summed E-state index contributed by atoms with van der Waals surface area (Å²) in [4.78, 5) is 22.0. The van der Waals surface area contributed by atoms with Crippen molar-refractivity contribution in [2.75, 3.05) is 19.6 Å². The number of carbonyl (C=O) groups is 1. The van der Waals surface area contributed by atoms with E-state index in [1.807, 2.05) is 20.8 Å². The van der Waals surface area contributed by atoms with Crippen molar-refractivity contribution in [2.45, 2.75) is 45.8 Å². The van der Waals surface area contributed by atoms with Crippen LogP contribution in [0.2, 0.25) is 5.15 Å². The number of piperidine rings is 1. The van der Waals surface area contributed by atoms with E-state index >= 15 is 0 Å². The predicted molar refractivity (Wildman–Crippen MR) is 89.3 cm³/mol. The van der Waals surface area contributed by atoms with Crippen LogP contribution in [0, 0.1) is 5.92 Å². The van der Waals surface area contributed by atoms with Crippen molar-refractivity contribution in [3.8, 4) is 0 Å². The minimum Gasteiger partial charge on any atom is -0.444 e. The number of carbonyl (C=O) groups excluding carboxylic acids is 1. The van der Waals surface area contributed by atoms with Gasteiger partial charge in [0.05, 0.1) is 5.69 Å².